The average molecular weight is 286 g/mol. The monoisotopic (exact) mass is 285 g/mol. The van der Waals surface area contributed by atoms with E-state index in [1.54, 1.807) is 18.2 Å². The number of halogens is 1. The molecule has 0 saturated heterocycles. The number of hydrogen-bond acceptors (Lipinski definition) is 4. The topological polar surface area (TPSA) is 51.5 Å². The van der Waals surface area contributed by atoms with Gasteiger partial charge in [0.05, 0.1) is 16.6 Å². The van der Waals surface area contributed by atoms with Crippen LogP contribution in [-0.4, -0.2) is 20.2 Å². The largest absolute Gasteiger partial charge is 0.439 e. The summed E-state index contributed by atoms with van der Waals surface area (Å²) in [5, 5.41) is 8.93. The van der Waals surface area contributed by atoms with Gasteiger partial charge in [-0.15, -0.1) is 0 Å². The van der Waals surface area contributed by atoms with Crippen molar-refractivity contribution in [2.24, 2.45) is 0 Å². The molecular weight excluding hydrogens is 274 g/mol. The molecule has 0 heterocycles. The molecular formula is C11H12BrNO3. The van der Waals surface area contributed by atoms with Crippen molar-refractivity contribution < 1.29 is 14.2 Å². The van der Waals surface area contributed by atoms with Crippen LogP contribution < -0.4 is 4.74 Å². The van der Waals surface area contributed by atoms with Crippen LogP contribution >= 0.6 is 15.9 Å². The number of nitrogens with zero attached hydrogens (tertiary/aromatic N) is 1. The summed E-state index contributed by atoms with van der Waals surface area (Å²) in [6.07, 6.45) is 0. The Morgan fingerprint density at radius 2 is 2.25 bits per heavy atom. The molecule has 0 bridgehead atoms. The number of nitriles is 1. The molecule has 0 amide bonds. The Labute approximate surface area is 103 Å². The van der Waals surface area contributed by atoms with Crippen LogP contribution in [0.5, 0.6) is 5.75 Å². The Hall–Kier alpha value is -1.09. The summed E-state index contributed by atoms with van der Waals surface area (Å²) in [5.41, 5.74) is 0.427. The fourth-order valence-electron chi connectivity index (χ4n) is 1.10. The summed E-state index contributed by atoms with van der Waals surface area (Å²) in [6.45, 7) is 1.49. The van der Waals surface area contributed by atoms with Gasteiger partial charge in [-0.25, -0.2) is 0 Å². The molecule has 1 rings (SSSR count). The maximum absolute atomic E-state index is 8.93. The molecule has 1 atom stereocenters. The third kappa shape index (κ3) is 3.20. The lowest BCUT2D eigenvalue weighted by atomic mass is 10.2. The van der Waals surface area contributed by atoms with E-state index in [1.807, 2.05) is 13.0 Å². The quantitative estimate of drug-likeness (QED) is 0.781. The number of hydrogen-bond donors (Lipinski definition) is 0. The van der Waals surface area contributed by atoms with E-state index in [1.165, 1.54) is 7.11 Å². The molecule has 86 valence electrons. The summed E-state index contributed by atoms with van der Waals surface area (Å²) < 4.78 is 16.3. The first kappa shape index (κ1) is 13.0. The Morgan fingerprint density at radius 1 is 1.50 bits per heavy atom. The molecule has 0 N–H and O–H groups in total. The number of para-hydroxylation sites is 1. The SMILES string of the molecule is CCOC(OC)Oc1c(Br)cccc1C#N. The molecule has 0 spiro atoms. The first-order valence-electron chi connectivity index (χ1n) is 4.72. The molecule has 1 aromatic carbocycles. The van der Waals surface area contributed by atoms with E-state index >= 15 is 0 Å². The first-order chi connectivity index (χ1) is 7.72. The van der Waals surface area contributed by atoms with E-state index in [9.17, 15) is 0 Å². The maximum atomic E-state index is 8.93. The lowest BCUT2D eigenvalue weighted by Gasteiger charge is -2.18. The van der Waals surface area contributed by atoms with Gasteiger partial charge in [-0.2, -0.15) is 5.26 Å². The van der Waals surface area contributed by atoms with Crippen LogP contribution in [0.2, 0.25) is 0 Å². The zero-order chi connectivity index (χ0) is 12.0. The Bertz CT molecular complexity index is 389. The Morgan fingerprint density at radius 3 is 2.81 bits per heavy atom. The van der Waals surface area contributed by atoms with Crippen molar-refractivity contribution in [2.45, 2.75) is 13.4 Å². The third-order valence-electron chi connectivity index (χ3n) is 1.80. The van der Waals surface area contributed by atoms with Crippen molar-refractivity contribution >= 4 is 15.9 Å². The predicted molar refractivity (Wildman–Crippen MR) is 61.9 cm³/mol. The van der Waals surface area contributed by atoms with Crippen LogP contribution in [0.1, 0.15) is 12.5 Å². The molecule has 4 nitrogen and oxygen atoms in total. The lowest BCUT2D eigenvalue weighted by Crippen LogP contribution is -2.23. The fourth-order valence-corrected chi connectivity index (χ4v) is 1.56. The van der Waals surface area contributed by atoms with E-state index in [0.717, 1.165) is 0 Å². The third-order valence-corrected chi connectivity index (χ3v) is 2.42. The second-order valence-corrected chi connectivity index (χ2v) is 3.68. The predicted octanol–water partition coefficient (Wildman–Crippen LogP) is 2.67. The molecule has 1 unspecified atom stereocenters. The van der Waals surface area contributed by atoms with Gasteiger partial charge in [0.2, 0.25) is 0 Å². The van der Waals surface area contributed by atoms with Crippen LogP contribution in [0.25, 0.3) is 0 Å². The van der Waals surface area contributed by atoms with Crippen molar-refractivity contribution in [3.63, 3.8) is 0 Å². The Balaban J connectivity index is 2.91. The van der Waals surface area contributed by atoms with Crippen LogP contribution in [0.4, 0.5) is 0 Å². The summed E-state index contributed by atoms with van der Waals surface area (Å²) in [6, 6.07) is 7.26. The summed E-state index contributed by atoms with van der Waals surface area (Å²) in [5.74, 6) is 0.422. The van der Waals surface area contributed by atoms with Gasteiger partial charge in [0.15, 0.2) is 5.75 Å². The zero-order valence-electron chi connectivity index (χ0n) is 9.07. The molecule has 16 heavy (non-hydrogen) atoms. The molecule has 5 heteroatoms. The highest BCUT2D eigenvalue weighted by atomic mass is 79.9. The van der Waals surface area contributed by atoms with E-state index in [-0.39, 0.29) is 0 Å². The van der Waals surface area contributed by atoms with Crippen molar-refractivity contribution in [2.75, 3.05) is 13.7 Å². The highest BCUT2D eigenvalue weighted by Gasteiger charge is 2.14. The molecule has 0 aliphatic rings. The molecule has 0 saturated carbocycles. The van der Waals surface area contributed by atoms with Crippen molar-refractivity contribution in [1.82, 2.24) is 0 Å². The maximum Gasteiger partial charge on any atom is 0.315 e. The van der Waals surface area contributed by atoms with E-state index in [0.29, 0.717) is 22.4 Å². The van der Waals surface area contributed by atoms with Crippen molar-refractivity contribution in [1.29, 1.82) is 5.26 Å². The molecule has 0 aliphatic carbocycles. The molecule has 1 aromatic rings. The smallest absolute Gasteiger partial charge is 0.315 e. The van der Waals surface area contributed by atoms with Gasteiger partial charge in [0.1, 0.15) is 6.07 Å². The van der Waals surface area contributed by atoms with Gasteiger partial charge in [-0.3, -0.25) is 0 Å². The minimum absolute atomic E-state index is 0.422. The van der Waals surface area contributed by atoms with E-state index in [4.69, 9.17) is 19.5 Å². The van der Waals surface area contributed by atoms with Crippen LogP contribution in [0.3, 0.4) is 0 Å². The van der Waals surface area contributed by atoms with Gasteiger partial charge in [0, 0.05) is 7.11 Å². The minimum atomic E-state index is -0.809. The second-order valence-electron chi connectivity index (χ2n) is 2.83. The number of rotatable bonds is 5. The summed E-state index contributed by atoms with van der Waals surface area (Å²) in [7, 11) is 1.48. The highest BCUT2D eigenvalue weighted by molar-refractivity contribution is 9.10. The van der Waals surface area contributed by atoms with E-state index in [2.05, 4.69) is 15.9 Å². The lowest BCUT2D eigenvalue weighted by molar-refractivity contribution is -0.231. The number of ether oxygens (including phenoxy) is 3. The summed E-state index contributed by atoms with van der Waals surface area (Å²) in [4.78, 5) is 0. The van der Waals surface area contributed by atoms with Gasteiger partial charge >= 0.3 is 6.48 Å². The Kier molecular flexibility index (Phi) is 5.26. The summed E-state index contributed by atoms with van der Waals surface area (Å²) >= 11 is 3.31. The molecule has 0 aliphatic heterocycles. The molecule has 0 fully saturated rings. The minimum Gasteiger partial charge on any atom is -0.439 e. The van der Waals surface area contributed by atoms with E-state index < -0.39 is 6.48 Å². The second kappa shape index (κ2) is 6.48. The fraction of sp³-hybridized carbons (Fsp3) is 0.364. The zero-order valence-corrected chi connectivity index (χ0v) is 10.7. The first-order valence-corrected chi connectivity index (χ1v) is 5.51. The molecule has 0 radical (unpaired) electrons. The van der Waals surface area contributed by atoms with Crippen LogP contribution in [0, 0.1) is 11.3 Å². The van der Waals surface area contributed by atoms with Crippen molar-refractivity contribution in [3.05, 3.63) is 28.2 Å². The van der Waals surface area contributed by atoms with Crippen LogP contribution in [0.15, 0.2) is 22.7 Å². The molecule has 0 aromatic heterocycles. The van der Waals surface area contributed by atoms with Crippen molar-refractivity contribution in [3.8, 4) is 11.8 Å². The average Bonchev–Trinajstić information content (AvgIpc) is 2.30. The number of methoxy groups -OCH3 is 1. The standard InChI is InChI=1S/C11H12BrNO3/c1-3-15-11(14-2)16-10-8(7-13)5-4-6-9(10)12/h4-6,11H,3H2,1-2H3. The van der Waals surface area contributed by atoms with Gasteiger partial charge < -0.3 is 14.2 Å². The number of benzene rings is 1. The van der Waals surface area contributed by atoms with Crippen LogP contribution in [-0.2, 0) is 9.47 Å². The normalized spacial score (nSPS) is 11.9. The van der Waals surface area contributed by atoms with Gasteiger partial charge in [-0.1, -0.05) is 6.07 Å². The van der Waals surface area contributed by atoms with Gasteiger partial charge in [-0.05, 0) is 35.0 Å². The highest BCUT2D eigenvalue weighted by Crippen LogP contribution is 2.29. The van der Waals surface area contributed by atoms with Gasteiger partial charge in [0.25, 0.3) is 0 Å².